The number of rotatable bonds is 4. The fourth-order valence-electron chi connectivity index (χ4n) is 3.24. The summed E-state index contributed by atoms with van der Waals surface area (Å²) >= 11 is 0. The van der Waals surface area contributed by atoms with Crippen LogP contribution in [0.4, 0.5) is 16.4 Å². The largest absolute Gasteiger partial charge is 0.480 e. The number of nitrogens with zero attached hydrogens (tertiary/aromatic N) is 2. The Hall–Kier alpha value is -2.39. The van der Waals surface area contributed by atoms with Crippen molar-refractivity contribution in [2.24, 2.45) is 0 Å². The number of nitrogens with one attached hydrogen (secondary N) is 3. The van der Waals surface area contributed by atoms with E-state index in [9.17, 15) is 9.59 Å². The van der Waals surface area contributed by atoms with E-state index in [2.05, 4.69) is 20.9 Å². The van der Waals surface area contributed by atoms with E-state index in [0.29, 0.717) is 36.5 Å². The van der Waals surface area contributed by atoms with Gasteiger partial charge in [0.2, 0.25) is 0 Å². The number of amides is 2. The van der Waals surface area contributed by atoms with Gasteiger partial charge in [0.15, 0.2) is 18.2 Å². The fraction of sp³-hybridized carbons (Fsp3) is 0.562. The highest BCUT2D eigenvalue weighted by molar-refractivity contribution is 5.95. The number of aromatic nitrogens is 1. The summed E-state index contributed by atoms with van der Waals surface area (Å²) in [5.41, 5.74) is 0. The Bertz CT molecular complexity index is 676. The van der Waals surface area contributed by atoms with Crippen LogP contribution in [0.5, 0.6) is 5.75 Å². The van der Waals surface area contributed by atoms with Crippen molar-refractivity contribution < 1.29 is 19.1 Å². The second-order valence-corrected chi connectivity index (χ2v) is 6.40. The van der Waals surface area contributed by atoms with Crippen molar-refractivity contribution in [1.29, 1.82) is 0 Å². The minimum Gasteiger partial charge on any atom is -0.480 e. The first kappa shape index (κ1) is 16.1. The Labute approximate surface area is 145 Å². The molecule has 2 amide bonds. The van der Waals surface area contributed by atoms with Crippen molar-refractivity contribution in [3.8, 4) is 5.75 Å². The zero-order valence-electron chi connectivity index (χ0n) is 13.8. The van der Waals surface area contributed by atoms with E-state index in [1.807, 2.05) is 0 Å². The lowest BCUT2D eigenvalue weighted by Crippen LogP contribution is -2.43. The van der Waals surface area contributed by atoms with Gasteiger partial charge in [0.25, 0.3) is 5.91 Å². The van der Waals surface area contributed by atoms with Gasteiger partial charge in [-0.05, 0) is 38.1 Å². The van der Waals surface area contributed by atoms with E-state index in [0.717, 1.165) is 25.9 Å². The van der Waals surface area contributed by atoms with Gasteiger partial charge in [-0.2, -0.15) is 0 Å². The number of ether oxygens (including phenoxy) is 2. The molecular weight excluding hydrogens is 326 g/mol. The molecule has 3 aliphatic rings. The highest BCUT2D eigenvalue weighted by atomic mass is 16.6. The predicted molar refractivity (Wildman–Crippen MR) is 89.9 cm³/mol. The molecule has 1 atom stereocenters. The lowest BCUT2D eigenvalue weighted by atomic mass is 10.1. The van der Waals surface area contributed by atoms with Crippen LogP contribution in [0.2, 0.25) is 0 Å². The van der Waals surface area contributed by atoms with Crippen molar-refractivity contribution in [2.75, 3.05) is 43.0 Å². The summed E-state index contributed by atoms with van der Waals surface area (Å²) in [4.78, 5) is 29.4. The average Bonchev–Trinajstić information content (AvgIpc) is 3.01. The molecule has 0 radical (unpaired) electrons. The summed E-state index contributed by atoms with van der Waals surface area (Å²) in [5.74, 6) is 1.02. The smallest absolute Gasteiger partial charge is 0.416 e. The summed E-state index contributed by atoms with van der Waals surface area (Å²) in [6.07, 6.45) is 1.52. The normalized spacial score (nSPS) is 23.7. The van der Waals surface area contributed by atoms with Crippen LogP contribution in [0.15, 0.2) is 12.1 Å². The van der Waals surface area contributed by atoms with Gasteiger partial charge in [-0.3, -0.25) is 9.69 Å². The first-order valence-electron chi connectivity index (χ1n) is 8.55. The summed E-state index contributed by atoms with van der Waals surface area (Å²) in [7, 11) is 0. The van der Waals surface area contributed by atoms with Gasteiger partial charge in [-0.25, -0.2) is 9.78 Å². The van der Waals surface area contributed by atoms with Crippen LogP contribution in [-0.2, 0) is 9.53 Å². The molecule has 134 valence electrons. The summed E-state index contributed by atoms with van der Waals surface area (Å²) < 4.78 is 10.7. The van der Waals surface area contributed by atoms with Crippen LogP contribution >= 0.6 is 0 Å². The van der Waals surface area contributed by atoms with Crippen LogP contribution in [0, 0.1) is 0 Å². The quantitative estimate of drug-likeness (QED) is 0.708. The predicted octanol–water partition coefficient (Wildman–Crippen LogP) is 0.0793. The molecule has 0 spiro atoms. The number of hydrogen-bond acceptors (Lipinski definition) is 7. The molecule has 4 rings (SSSR count). The number of piperidine rings is 1. The second-order valence-electron chi connectivity index (χ2n) is 6.40. The number of cyclic esters (lactones) is 1. The van der Waals surface area contributed by atoms with E-state index < -0.39 is 6.09 Å². The van der Waals surface area contributed by atoms with Crippen LogP contribution in [0.1, 0.15) is 12.8 Å². The average molecular weight is 347 g/mol. The number of hydrogen-bond donors (Lipinski definition) is 3. The molecule has 3 aliphatic heterocycles. The summed E-state index contributed by atoms with van der Waals surface area (Å²) in [5, 5.41) is 9.44. The Balaban J connectivity index is 1.38. The molecule has 3 N–H and O–H groups in total. The highest BCUT2D eigenvalue weighted by Gasteiger charge is 2.34. The number of pyridine rings is 1. The maximum atomic E-state index is 12.2. The maximum absolute atomic E-state index is 12.2. The Kier molecular flexibility index (Phi) is 4.41. The summed E-state index contributed by atoms with van der Waals surface area (Å²) in [6.45, 7) is 3.06. The van der Waals surface area contributed by atoms with Crippen LogP contribution in [-0.4, -0.2) is 61.9 Å². The van der Waals surface area contributed by atoms with E-state index in [1.165, 1.54) is 4.90 Å². The van der Waals surface area contributed by atoms with Gasteiger partial charge in [0.05, 0.1) is 6.54 Å². The topological polar surface area (TPSA) is 105 Å². The molecule has 0 unspecified atom stereocenters. The third-order valence-corrected chi connectivity index (χ3v) is 4.58. The van der Waals surface area contributed by atoms with Gasteiger partial charge >= 0.3 is 6.09 Å². The third kappa shape index (κ3) is 3.52. The highest BCUT2D eigenvalue weighted by Crippen LogP contribution is 2.29. The third-order valence-electron chi connectivity index (χ3n) is 4.58. The first-order chi connectivity index (χ1) is 12.2. The molecule has 1 aromatic heterocycles. The van der Waals surface area contributed by atoms with Gasteiger partial charge in [-0.1, -0.05) is 0 Å². The van der Waals surface area contributed by atoms with Gasteiger partial charge < -0.3 is 25.4 Å². The van der Waals surface area contributed by atoms with Crippen molar-refractivity contribution in [2.45, 2.75) is 25.0 Å². The number of carbonyl (C=O) groups is 2. The van der Waals surface area contributed by atoms with Gasteiger partial charge in [0, 0.05) is 12.6 Å². The molecule has 0 aromatic carbocycles. The van der Waals surface area contributed by atoms with Crippen molar-refractivity contribution in [3.05, 3.63) is 12.1 Å². The van der Waals surface area contributed by atoms with Gasteiger partial charge in [0.1, 0.15) is 11.9 Å². The molecule has 2 saturated heterocycles. The Morgan fingerprint density at radius 2 is 2.12 bits per heavy atom. The molecular formula is C16H21N5O4. The first-order valence-corrected chi connectivity index (χ1v) is 8.55. The van der Waals surface area contributed by atoms with Crippen molar-refractivity contribution in [3.63, 3.8) is 0 Å². The molecule has 4 heterocycles. The second kappa shape index (κ2) is 6.85. The van der Waals surface area contributed by atoms with Crippen LogP contribution in [0.3, 0.4) is 0 Å². The Morgan fingerprint density at radius 1 is 1.28 bits per heavy atom. The van der Waals surface area contributed by atoms with E-state index in [1.54, 1.807) is 12.1 Å². The molecule has 0 saturated carbocycles. The minimum atomic E-state index is -0.424. The maximum Gasteiger partial charge on any atom is 0.416 e. The van der Waals surface area contributed by atoms with Gasteiger partial charge in [-0.15, -0.1) is 0 Å². The molecule has 25 heavy (non-hydrogen) atoms. The zero-order chi connectivity index (χ0) is 17.2. The number of carbonyl (C=O) groups excluding carboxylic acids is 2. The van der Waals surface area contributed by atoms with E-state index in [4.69, 9.17) is 9.47 Å². The van der Waals surface area contributed by atoms with Crippen LogP contribution < -0.4 is 25.6 Å². The zero-order valence-corrected chi connectivity index (χ0v) is 13.8. The van der Waals surface area contributed by atoms with Crippen LogP contribution in [0.25, 0.3) is 0 Å². The Morgan fingerprint density at radius 3 is 2.96 bits per heavy atom. The molecule has 9 heteroatoms. The van der Waals surface area contributed by atoms with E-state index >= 15 is 0 Å². The fourth-order valence-corrected chi connectivity index (χ4v) is 3.24. The van der Waals surface area contributed by atoms with E-state index in [-0.39, 0.29) is 18.6 Å². The molecule has 0 bridgehead atoms. The molecule has 0 aliphatic carbocycles. The lowest BCUT2D eigenvalue weighted by Gasteiger charge is -2.24. The summed E-state index contributed by atoms with van der Waals surface area (Å²) in [6, 6.07) is 3.86. The lowest BCUT2D eigenvalue weighted by molar-refractivity contribution is -0.118. The standard InChI is InChI=1S/C16H21N5O4/c22-14-9-24-12-1-2-13(19-15(12)20-14)21-8-11(25-16(21)23)7-18-10-3-5-17-6-4-10/h1-2,10-11,17-18H,3-9H2,(H,19,20,22)/t11-/m0/s1. The monoisotopic (exact) mass is 347 g/mol. The molecule has 2 fully saturated rings. The number of anilines is 2. The number of fused-ring (bicyclic) bond motifs is 1. The van der Waals surface area contributed by atoms with Crippen molar-refractivity contribution in [1.82, 2.24) is 15.6 Å². The SMILES string of the molecule is O=C1COc2ccc(N3C[C@H](CNC4CCNCC4)OC3=O)nc2N1. The minimum absolute atomic E-state index is 0.0236. The molecule has 1 aromatic rings. The van der Waals surface area contributed by atoms with Crippen molar-refractivity contribution >= 4 is 23.6 Å². The molecule has 9 nitrogen and oxygen atoms in total.